The molecular formula is C24H26Cl2N4O2S. The fourth-order valence-corrected chi connectivity index (χ4v) is 4.99. The summed E-state index contributed by atoms with van der Waals surface area (Å²) in [5.41, 5.74) is 0.822. The van der Waals surface area contributed by atoms with Gasteiger partial charge in [-0.1, -0.05) is 40.5 Å². The van der Waals surface area contributed by atoms with Gasteiger partial charge in [0.15, 0.2) is 0 Å². The van der Waals surface area contributed by atoms with Crippen molar-refractivity contribution in [1.29, 1.82) is 0 Å². The molecule has 0 radical (unpaired) electrons. The van der Waals surface area contributed by atoms with Gasteiger partial charge in [0.2, 0.25) is 17.6 Å². The normalized spacial score (nSPS) is 16.6. The van der Waals surface area contributed by atoms with Crippen LogP contribution in [0, 0.1) is 5.92 Å². The summed E-state index contributed by atoms with van der Waals surface area (Å²) in [5.74, 6) is 2.13. The van der Waals surface area contributed by atoms with Crippen LogP contribution >= 0.6 is 35.0 Å². The lowest BCUT2D eigenvalue weighted by Crippen LogP contribution is -2.43. The second-order valence-corrected chi connectivity index (χ2v) is 10.1. The van der Waals surface area contributed by atoms with Gasteiger partial charge < -0.3 is 9.84 Å². The minimum atomic E-state index is -0.0157. The van der Waals surface area contributed by atoms with Crippen LogP contribution < -0.4 is 5.32 Å². The van der Waals surface area contributed by atoms with E-state index in [-0.39, 0.29) is 11.8 Å². The molecule has 0 spiro atoms. The van der Waals surface area contributed by atoms with Gasteiger partial charge in [0, 0.05) is 33.6 Å². The fraction of sp³-hybridized carbons (Fsp3) is 0.375. The van der Waals surface area contributed by atoms with E-state index in [1.54, 1.807) is 11.8 Å². The van der Waals surface area contributed by atoms with Crippen molar-refractivity contribution in [2.75, 3.05) is 25.4 Å². The number of carbonyl (C=O) groups is 1. The molecular weight excluding hydrogens is 479 g/mol. The van der Waals surface area contributed by atoms with E-state index in [0.717, 1.165) is 42.1 Å². The molecule has 4 rings (SSSR count). The zero-order valence-electron chi connectivity index (χ0n) is 18.2. The van der Waals surface area contributed by atoms with Gasteiger partial charge in [-0.15, -0.1) is 11.8 Å². The highest BCUT2D eigenvalue weighted by Gasteiger charge is 2.26. The molecule has 0 aliphatic carbocycles. The monoisotopic (exact) mass is 504 g/mol. The second kappa shape index (κ2) is 11.9. The fourth-order valence-electron chi connectivity index (χ4n) is 3.82. The summed E-state index contributed by atoms with van der Waals surface area (Å²) in [5, 5.41) is 8.55. The summed E-state index contributed by atoms with van der Waals surface area (Å²) in [6.07, 6.45) is 2.79. The molecule has 2 heterocycles. The number of benzene rings is 2. The molecule has 1 atom stereocenters. The number of nitrogens with zero attached hydrogens (tertiary/aromatic N) is 3. The maximum absolute atomic E-state index is 12.7. The van der Waals surface area contributed by atoms with Crippen LogP contribution in [0.5, 0.6) is 0 Å². The molecule has 33 heavy (non-hydrogen) atoms. The lowest BCUT2D eigenvalue weighted by atomic mass is 9.97. The summed E-state index contributed by atoms with van der Waals surface area (Å²) >= 11 is 13.7. The molecule has 1 N–H and O–H groups in total. The number of carbonyl (C=O) groups excluding carboxylic acids is 1. The van der Waals surface area contributed by atoms with Crippen LogP contribution in [0.4, 0.5) is 0 Å². The van der Waals surface area contributed by atoms with Crippen LogP contribution in [-0.4, -0.2) is 46.3 Å². The van der Waals surface area contributed by atoms with Crippen molar-refractivity contribution in [3.63, 3.8) is 0 Å². The first-order chi connectivity index (χ1) is 16.1. The zero-order valence-corrected chi connectivity index (χ0v) is 20.5. The van der Waals surface area contributed by atoms with Crippen LogP contribution in [0.25, 0.3) is 11.4 Å². The predicted octanol–water partition coefficient (Wildman–Crippen LogP) is 5.55. The van der Waals surface area contributed by atoms with Crippen LogP contribution in [0.15, 0.2) is 57.9 Å². The Labute approximate surface area is 208 Å². The summed E-state index contributed by atoms with van der Waals surface area (Å²) in [6, 6.07) is 15.2. The first-order valence-corrected chi connectivity index (χ1v) is 12.8. The van der Waals surface area contributed by atoms with Gasteiger partial charge in [-0.05, 0) is 68.0 Å². The molecule has 6 nitrogen and oxygen atoms in total. The number of hydrogen-bond donors (Lipinski definition) is 1. The van der Waals surface area contributed by atoms with Crippen molar-refractivity contribution < 1.29 is 9.32 Å². The summed E-state index contributed by atoms with van der Waals surface area (Å²) in [6.45, 7) is 2.83. The quantitative estimate of drug-likeness (QED) is 0.304. The third-order valence-corrected chi connectivity index (χ3v) is 7.07. The highest BCUT2D eigenvalue weighted by Crippen LogP contribution is 2.23. The largest absolute Gasteiger partial charge is 0.356 e. The molecule has 174 valence electrons. The molecule has 1 fully saturated rings. The van der Waals surface area contributed by atoms with Crippen molar-refractivity contribution in [3.05, 3.63) is 64.5 Å². The molecule has 9 heteroatoms. The SMILES string of the molecule is O=C(NCCCSc1ccc(Cl)cc1)C1CCCN(Cc2nc(-c3cccc(Cl)c3)no2)C1. The third-order valence-electron chi connectivity index (χ3n) is 5.49. The number of piperidine rings is 1. The number of aromatic nitrogens is 2. The minimum Gasteiger partial charge on any atom is -0.356 e. The summed E-state index contributed by atoms with van der Waals surface area (Å²) in [7, 11) is 0. The van der Waals surface area contributed by atoms with Crippen molar-refractivity contribution in [1.82, 2.24) is 20.4 Å². The standard InChI is InChI=1S/C24H26Cl2N4O2S/c25-19-7-9-21(10-8-19)33-13-3-11-27-24(31)18-5-2-12-30(15-18)16-22-28-23(29-32-22)17-4-1-6-20(26)14-17/h1,4,6-10,14,18H,2-3,5,11-13,15-16H2,(H,27,31). The number of rotatable bonds is 9. The molecule has 1 amide bonds. The van der Waals surface area contributed by atoms with E-state index in [2.05, 4.69) is 20.4 Å². The molecule has 0 saturated carbocycles. The molecule has 2 aromatic carbocycles. The van der Waals surface area contributed by atoms with Gasteiger partial charge >= 0.3 is 0 Å². The average molecular weight is 505 g/mol. The van der Waals surface area contributed by atoms with E-state index in [1.165, 1.54) is 4.90 Å². The maximum atomic E-state index is 12.7. The molecule has 1 aliphatic heterocycles. The molecule has 1 aromatic heterocycles. The van der Waals surface area contributed by atoms with Crippen LogP contribution in [-0.2, 0) is 11.3 Å². The smallest absolute Gasteiger partial charge is 0.241 e. The van der Waals surface area contributed by atoms with Gasteiger partial charge in [-0.3, -0.25) is 9.69 Å². The first-order valence-electron chi connectivity index (χ1n) is 11.0. The lowest BCUT2D eigenvalue weighted by Gasteiger charge is -2.30. The van der Waals surface area contributed by atoms with E-state index >= 15 is 0 Å². The minimum absolute atomic E-state index is 0.0157. The van der Waals surface area contributed by atoms with Crippen molar-refractivity contribution >= 4 is 40.9 Å². The predicted molar refractivity (Wildman–Crippen MR) is 133 cm³/mol. The van der Waals surface area contributed by atoms with Gasteiger partial charge in [0.1, 0.15) is 0 Å². The Morgan fingerprint density at radius 3 is 2.85 bits per heavy atom. The number of hydrogen-bond acceptors (Lipinski definition) is 6. The second-order valence-electron chi connectivity index (χ2n) is 8.04. The van der Waals surface area contributed by atoms with E-state index in [4.69, 9.17) is 27.7 Å². The lowest BCUT2D eigenvalue weighted by molar-refractivity contribution is -0.126. The molecule has 0 bridgehead atoms. The number of amides is 1. The Morgan fingerprint density at radius 2 is 2.03 bits per heavy atom. The highest BCUT2D eigenvalue weighted by molar-refractivity contribution is 7.99. The Kier molecular flexibility index (Phi) is 8.67. The topological polar surface area (TPSA) is 71.3 Å². The number of halogens is 2. The summed E-state index contributed by atoms with van der Waals surface area (Å²) < 4.78 is 5.44. The van der Waals surface area contributed by atoms with Crippen LogP contribution in [0.1, 0.15) is 25.2 Å². The Hall–Kier alpha value is -2.06. The van der Waals surface area contributed by atoms with E-state index in [0.29, 0.717) is 36.4 Å². The van der Waals surface area contributed by atoms with Gasteiger partial charge in [-0.25, -0.2) is 0 Å². The number of thioether (sulfide) groups is 1. The third kappa shape index (κ3) is 7.21. The van der Waals surface area contributed by atoms with E-state index in [9.17, 15) is 4.79 Å². The average Bonchev–Trinajstić information content (AvgIpc) is 3.28. The zero-order chi connectivity index (χ0) is 23.0. The van der Waals surface area contributed by atoms with Crippen LogP contribution in [0.2, 0.25) is 10.0 Å². The van der Waals surface area contributed by atoms with Gasteiger partial charge in [-0.2, -0.15) is 4.98 Å². The van der Waals surface area contributed by atoms with Gasteiger partial charge in [0.25, 0.3) is 0 Å². The van der Waals surface area contributed by atoms with Crippen molar-refractivity contribution in [2.45, 2.75) is 30.7 Å². The Bertz CT molecular complexity index is 1060. The van der Waals surface area contributed by atoms with Crippen LogP contribution in [0.3, 0.4) is 0 Å². The van der Waals surface area contributed by atoms with Crippen molar-refractivity contribution in [2.24, 2.45) is 5.92 Å². The molecule has 1 aliphatic rings. The summed E-state index contributed by atoms with van der Waals surface area (Å²) in [4.78, 5) is 20.6. The molecule has 3 aromatic rings. The number of likely N-dealkylation sites (tertiary alicyclic amines) is 1. The van der Waals surface area contributed by atoms with E-state index in [1.807, 2.05) is 48.5 Å². The van der Waals surface area contributed by atoms with E-state index < -0.39 is 0 Å². The first kappa shape index (κ1) is 24.1. The highest BCUT2D eigenvalue weighted by atomic mass is 35.5. The number of nitrogens with one attached hydrogen (secondary N) is 1. The Morgan fingerprint density at radius 1 is 1.18 bits per heavy atom. The molecule has 1 unspecified atom stereocenters. The maximum Gasteiger partial charge on any atom is 0.241 e. The molecule has 1 saturated heterocycles. The van der Waals surface area contributed by atoms with Crippen molar-refractivity contribution in [3.8, 4) is 11.4 Å². The Balaban J connectivity index is 1.19. The van der Waals surface area contributed by atoms with Gasteiger partial charge in [0.05, 0.1) is 12.5 Å².